The Hall–Kier alpha value is -0.590. The van der Waals surface area contributed by atoms with Gasteiger partial charge in [-0.1, -0.05) is 12.2 Å². The minimum absolute atomic E-state index is 1.32. The summed E-state index contributed by atoms with van der Waals surface area (Å²) in [4.78, 5) is 8.00. The standard InChI is InChI=1S/C6H10.CH2O/c1-2-4-6-5-3-1;1-2/h1-2H,3-6H2;1H2. The molecule has 0 aliphatic heterocycles. The number of carbonyl (C=O) groups excluding carboxylic acids is 1. The molecule has 0 N–H and O–H groups in total. The minimum atomic E-state index is 1.32. The van der Waals surface area contributed by atoms with Crippen LogP contribution < -0.4 is 0 Å². The molecule has 46 valence electrons. The molecule has 0 aromatic rings. The van der Waals surface area contributed by atoms with Crippen LogP contribution in [0.1, 0.15) is 25.7 Å². The molecule has 1 heteroatoms. The van der Waals surface area contributed by atoms with Gasteiger partial charge in [0.1, 0.15) is 6.79 Å². The maximum atomic E-state index is 8.00. The molecule has 0 aromatic heterocycles. The van der Waals surface area contributed by atoms with Crippen LogP contribution >= 0.6 is 0 Å². The third-order valence-electron chi connectivity index (χ3n) is 1.16. The first kappa shape index (κ1) is 7.41. The van der Waals surface area contributed by atoms with E-state index in [2.05, 4.69) is 12.2 Å². The van der Waals surface area contributed by atoms with Crippen LogP contribution in [0, 0.1) is 0 Å². The predicted octanol–water partition coefficient (Wildman–Crippen LogP) is 1.93. The van der Waals surface area contributed by atoms with Gasteiger partial charge in [-0.2, -0.15) is 0 Å². The van der Waals surface area contributed by atoms with Gasteiger partial charge in [0.25, 0.3) is 0 Å². The first-order valence-corrected chi connectivity index (χ1v) is 2.94. The Morgan fingerprint density at radius 1 is 1.00 bits per heavy atom. The van der Waals surface area contributed by atoms with Crippen LogP contribution in [0.4, 0.5) is 0 Å². The summed E-state index contributed by atoms with van der Waals surface area (Å²) in [5.41, 5.74) is 0. The molecule has 1 aliphatic rings. The third kappa shape index (κ3) is 3.59. The van der Waals surface area contributed by atoms with Gasteiger partial charge in [0.2, 0.25) is 0 Å². The van der Waals surface area contributed by atoms with E-state index in [4.69, 9.17) is 4.79 Å². The summed E-state index contributed by atoms with van der Waals surface area (Å²) in [5.74, 6) is 0. The number of carbonyl (C=O) groups is 1. The monoisotopic (exact) mass is 112 g/mol. The van der Waals surface area contributed by atoms with Gasteiger partial charge in [0, 0.05) is 0 Å². The van der Waals surface area contributed by atoms with Crippen LogP contribution in [0.5, 0.6) is 0 Å². The quantitative estimate of drug-likeness (QED) is 0.437. The lowest BCUT2D eigenvalue weighted by atomic mass is 10.1. The van der Waals surface area contributed by atoms with Crippen molar-refractivity contribution in [2.24, 2.45) is 0 Å². The molecule has 0 fully saturated rings. The highest BCUT2D eigenvalue weighted by Crippen LogP contribution is 2.07. The summed E-state index contributed by atoms with van der Waals surface area (Å²) in [5, 5.41) is 0. The third-order valence-corrected chi connectivity index (χ3v) is 1.16. The maximum absolute atomic E-state index is 8.00. The zero-order chi connectivity index (χ0) is 6.24. The lowest BCUT2D eigenvalue weighted by molar-refractivity contribution is -0.0979. The number of hydrogen-bond acceptors (Lipinski definition) is 1. The molecule has 0 radical (unpaired) electrons. The molecule has 0 unspecified atom stereocenters. The van der Waals surface area contributed by atoms with Crippen molar-refractivity contribution < 1.29 is 4.79 Å². The van der Waals surface area contributed by atoms with E-state index in [0.29, 0.717) is 0 Å². The van der Waals surface area contributed by atoms with Crippen molar-refractivity contribution in [2.75, 3.05) is 0 Å². The number of rotatable bonds is 0. The molecule has 8 heavy (non-hydrogen) atoms. The summed E-state index contributed by atoms with van der Waals surface area (Å²) in [6.07, 6.45) is 10.0. The SMILES string of the molecule is C1=CCCCC1.C=O. The van der Waals surface area contributed by atoms with Crippen LogP contribution in [0.15, 0.2) is 12.2 Å². The van der Waals surface area contributed by atoms with Crippen LogP contribution in [0.25, 0.3) is 0 Å². The average molecular weight is 112 g/mol. The van der Waals surface area contributed by atoms with Gasteiger partial charge in [0.15, 0.2) is 0 Å². The lowest BCUT2D eigenvalue weighted by Gasteiger charge is -1.97. The summed E-state index contributed by atoms with van der Waals surface area (Å²) in [6.45, 7) is 2.00. The second-order valence-electron chi connectivity index (χ2n) is 1.76. The fraction of sp³-hybridized carbons (Fsp3) is 0.571. The predicted molar refractivity (Wildman–Crippen MR) is 34.7 cm³/mol. The normalized spacial score (nSPS) is 16.5. The minimum Gasteiger partial charge on any atom is -0.307 e. The Morgan fingerprint density at radius 3 is 1.50 bits per heavy atom. The maximum Gasteiger partial charge on any atom is 0.106 e. The molecule has 0 spiro atoms. The highest BCUT2D eigenvalue weighted by atomic mass is 16.1. The molecule has 0 aromatic carbocycles. The van der Waals surface area contributed by atoms with E-state index in [1.807, 2.05) is 6.79 Å². The van der Waals surface area contributed by atoms with Crippen LogP contribution in [-0.4, -0.2) is 6.79 Å². The molecule has 1 nitrogen and oxygen atoms in total. The zero-order valence-electron chi connectivity index (χ0n) is 5.10. The van der Waals surface area contributed by atoms with Crippen molar-refractivity contribution in [3.63, 3.8) is 0 Å². The van der Waals surface area contributed by atoms with Gasteiger partial charge in [0.05, 0.1) is 0 Å². The van der Waals surface area contributed by atoms with E-state index < -0.39 is 0 Å². The molecule has 1 rings (SSSR count). The van der Waals surface area contributed by atoms with Crippen LogP contribution in [-0.2, 0) is 4.79 Å². The van der Waals surface area contributed by atoms with Gasteiger partial charge in [-0.3, -0.25) is 0 Å². The van der Waals surface area contributed by atoms with Gasteiger partial charge in [-0.15, -0.1) is 0 Å². The van der Waals surface area contributed by atoms with E-state index in [-0.39, 0.29) is 0 Å². The smallest absolute Gasteiger partial charge is 0.106 e. The molecule has 0 saturated heterocycles. The highest BCUT2D eigenvalue weighted by molar-refractivity contribution is 5.10. The summed E-state index contributed by atoms with van der Waals surface area (Å²) < 4.78 is 0. The Balaban J connectivity index is 0.000000222. The largest absolute Gasteiger partial charge is 0.307 e. The number of allylic oxidation sites excluding steroid dienone is 2. The Bertz CT molecular complexity index is 58.8. The van der Waals surface area contributed by atoms with Crippen molar-refractivity contribution in [2.45, 2.75) is 25.7 Å². The fourth-order valence-corrected chi connectivity index (χ4v) is 0.760. The van der Waals surface area contributed by atoms with E-state index in [1.54, 1.807) is 0 Å². The Kier molecular flexibility index (Phi) is 5.94. The van der Waals surface area contributed by atoms with Crippen LogP contribution in [0.2, 0.25) is 0 Å². The lowest BCUT2D eigenvalue weighted by Crippen LogP contribution is -1.77. The Morgan fingerprint density at radius 2 is 1.38 bits per heavy atom. The molecule has 0 bridgehead atoms. The van der Waals surface area contributed by atoms with Crippen molar-refractivity contribution in [1.82, 2.24) is 0 Å². The van der Waals surface area contributed by atoms with Gasteiger partial charge in [-0.25, -0.2) is 0 Å². The molecule has 0 heterocycles. The van der Waals surface area contributed by atoms with Crippen molar-refractivity contribution in [3.05, 3.63) is 12.2 Å². The topological polar surface area (TPSA) is 17.1 Å². The van der Waals surface area contributed by atoms with Crippen LogP contribution in [0.3, 0.4) is 0 Å². The summed E-state index contributed by atoms with van der Waals surface area (Å²) in [7, 11) is 0. The van der Waals surface area contributed by atoms with E-state index in [1.165, 1.54) is 25.7 Å². The molecule has 0 amide bonds. The molecule has 0 saturated carbocycles. The highest BCUT2D eigenvalue weighted by Gasteiger charge is 1.87. The van der Waals surface area contributed by atoms with Crippen molar-refractivity contribution >= 4 is 6.79 Å². The second kappa shape index (κ2) is 6.41. The van der Waals surface area contributed by atoms with E-state index in [9.17, 15) is 0 Å². The Labute approximate surface area is 50.4 Å². The van der Waals surface area contributed by atoms with Crippen molar-refractivity contribution in [1.29, 1.82) is 0 Å². The summed E-state index contributed by atoms with van der Waals surface area (Å²) in [6, 6.07) is 0. The molecule has 0 atom stereocenters. The average Bonchev–Trinajstić information content (AvgIpc) is 1.96. The van der Waals surface area contributed by atoms with Gasteiger partial charge < -0.3 is 4.79 Å². The number of hydrogen-bond donors (Lipinski definition) is 0. The van der Waals surface area contributed by atoms with Crippen molar-refractivity contribution in [3.8, 4) is 0 Å². The van der Waals surface area contributed by atoms with E-state index >= 15 is 0 Å². The molecular weight excluding hydrogens is 100 g/mol. The van der Waals surface area contributed by atoms with E-state index in [0.717, 1.165) is 0 Å². The zero-order valence-corrected chi connectivity index (χ0v) is 5.10. The first-order chi connectivity index (χ1) is 4.00. The molecular formula is C7H12O. The fourth-order valence-electron chi connectivity index (χ4n) is 0.760. The summed E-state index contributed by atoms with van der Waals surface area (Å²) >= 11 is 0. The second-order valence-corrected chi connectivity index (χ2v) is 1.76. The van der Waals surface area contributed by atoms with Gasteiger partial charge >= 0.3 is 0 Å². The first-order valence-electron chi connectivity index (χ1n) is 2.94. The van der Waals surface area contributed by atoms with Gasteiger partial charge in [-0.05, 0) is 25.7 Å². The molecule has 1 aliphatic carbocycles.